The van der Waals surface area contributed by atoms with Crippen LogP contribution in [0.25, 0.3) is 0 Å². The van der Waals surface area contributed by atoms with Gasteiger partial charge >= 0.3 is 5.97 Å². The van der Waals surface area contributed by atoms with Crippen LogP contribution in [0.15, 0.2) is 24.3 Å². The van der Waals surface area contributed by atoms with Crippen molar-refractivity contribution in [2.75, 3.05) is 11.9 Å². The van der Waals surface area contributed by atoms with Crippen molar-refractivity contribution in [3.63, 3.8) is 0 Å². The summed E-state index contributed by atoms with van der Waals surface area (Å²) in [5.41, 5.74) is 3.72. The zero-order valence-corrected chi connectivity index (χ0v) is 12.9. The summed E-state index contributed by atoms with van der Waals surface area (Å²) in [7, 11) is 0. The van der Waals surface area contributed by atoms with Gasteiger partial charge in [0.15, 0.2) is 0 Å². The average molecular weight is 301 g/mol. The Morgan fingerprint density at radius 2 is 1.91 bits per heavy atom. The maximum Gasteiger partial charge on any atom is 0.338 e. The number of nitrogens with one attached hydrogen (secondary N) is 2. The summed E-state index contributed by atoms with van der Waals surface area (Å²) < 4.78 is 4.91. The number of aromatic amines is 1. The Morgan fingerprint density at radius 1 is 1.23 bits per heavy atom. The lowest BCUT2D eigenvalue weighted by Crippen LogP contribution is -2.15. The molecule has 0 bridgehead atoms. The first-order chi connectivity index (χ1) is 10.5. The number of hydrogen-bond donors (Lipinski definition) is 2. The minimum Gasteiger partial charge on any atom is -0.462 e. The van der Waals surface area contributed by atoms with Gasteiger partial charge in [0, 0.05) is 16.9 Å². The summed E-state index contributed by atoms with van der Waals surface area (Å²) in [4.78, 5) is 23.6. The van der Waals surface area contributed by atoms with Crippen molar-refractivity contribution >= 4 is 17.6 Å². The first-order valence-corrected chi connectivity index (χ1v) is 7.08. The Kier molecular flexibility index (Phi) is 4.93. The molecule has 0 saturated carbocycles. The van der Waals surface area contributed by atoms with Gasteiger partial charge in [-0.25, -0.2) is 4.79 Å². The number of esters is 1. The van der Waals surface area contributed by atoms with E-state index in [1.165, 1.54) is 0 Å². The van der Waals surface area contributed by atoms with Gasteiger partial charge in [0.1, 0.15) is 0 Å². The number of rotatable bonds is 5. The second-order valence-electron chi connectivity index (χ2n) is 4.94. The molecule has 1 aromatic heterocycles. The summed E-state index contributed by atoms with van der Waals surface area (Å²) in [5, 5.41) is 9.73. The third-order valence-corrected chi connectivity index (χ3v) is 3.30. The number of benzene rings is 1. The van der Waals surface area contributed by atoms with E-state index in [4.69, 9.17) is 4.74 Å². The third-order valence-electron chi connectivity index (χ3n) is 3.30. The maximum absolute atomic E-state index is 12.1. The van der Waals surface area contributed by atoms with E-state index < -0.39 is 0 Å². The maximum atomic E-state index is 12.1. The molecule has 0 radical (unpaired) electrons. The predicted molar refractivity (Wildman–Crippen MR) is 82.8 cm³/mol. The Bertz CT molecular complexity index is 655. The van der Waals surface area contributed by atoms with Gasteiger partial charge in [-0.1, -0.05) is 0 Å². The van der Waals surface area contributed by atoms with Gasteiger partial charge in [-0.05, 0) is 45.0 Å². The lowest BCUT2D eigenvalue weighted by molar-refractivity contribution is -0.115. The number of amides is 1. The molecule has 1 amide bonds. The zero-order valence-electron chi connectivity index (χ0n) is 12.9. The second-order valence-corrected chi connectivity index (χ2v) is 4.94. The number of aryl methyl sites for hydroxylation is 2. The van der Waals surface area contributed by atoms with Crippen LogP contribution >= 0.6 is 0 Å². The highest BCUT2D eigenvalue weighted by Crippen LogP contribution is 2.14. The Labute approximate surface area is 128 Å². The topological polar surface area (TPSA) is 84.1 Å². The zero-order chi connectivity index (χ0) is 16.1. The third kappa shape index (κ3) is 3.72. The Morgan fingerprint density at radius 3 is 2.45 bits per heavy atom. The van der Waals surface area contributed by atoms with Crippen molar-refractivity contribution in [3.8, 4) is 0 Å². The summed E-state index contributed by atoms with van der Waals surface area (Å²) >= 11 is 0. The normalized spacial score (nSPS) is 10.3. The fraction of sp³-hybridized carbons (Fsp3) is 0.312. The van der Waals surface area contributed by atoms with Crippen LogP contribution in [0.4, 0.5) is 5.69 Å². The van der Waals surface area contributed by atoms with Crippen molar-refractivity contribution in [2.24, 2.45) is 0 Å². The number of ether oxygens (including phenoxy) is 1. The van der Waals surface area contributed by atoms with Gasteiger partial charge < -0.3 is 10.1 Å². The number of carbonyl (C=O) groups excluding carboxylic acids is 2. The van der Waals surface area contributed by atoms with Gasteiger partial charge in [0.05, 0.1) is 24.3 Å². The fourth-order valence-corrected chi connectivity index (χ4v) is 2.10. The van der Waals surface area contributed by atoms with E-state index in [1.54, 1.807) is 31.2 Å². The van der Waals surface area contributed by atoms with Crippen LogP contribution in [0.2, 0.25) is 0 Å². The minimum absolute atomic E-state index is 0.128. The fourth-order valence-electron chi connectivity index (χ4n) is 2.10. The lowest BCUT2D eigenvalue weighted by Gasteiger charge is -2.07. The standard InChI is InChI=1S/C16H19N3O3/c1-4-22-16(21)12-5-7-13(8-6-12)17-15(20)9-14-10(2)18-19-11(14)3/h5-8H,4,9H2,1-3H3,(H,17,20)(H,18,19). The lowest BCUT2D eigenvalue weighted by atomic mass is 10.1. The highest BCUT2D eigenvalue weighted by atomic mass is 16.5. The highest BCUT2D eigenvalue weighted by Gasteiger charge is 2.12. The molecule has 0 spiro atoms. The minimum atomic E-state index is -0.370. The predicted octanol–water partition coefficient (Wildman–Crippen LogP) is 2.38. The van der Waals surface area contributed by atoms with Crippen LogP contribution in [-0.4, -0.2) is 28.7 Å². The molecule has 6 heteroatoms. The quantitative estimate of drug-likeness (QED) is 0.830. The van der Waals surface area contributed by atoms with Gasteiger partial charge in [0.25, 0.3) is 0 Å². The van der Waals surface area contributed by atoms with Gasteiger partial charge in [-0.2, -0.15) is 5.10 Å². The van der Waals surface area contributed by atoms with Crippen LogP contribution < -0.4 is 5.32 Å². The van der Waals surface area contributed by atoms with Crippen LogP contribution in [0.3, 0.4) is 0 Å². The van der Waals surface area contributed by atoms with Crippen molar-refractivity contribution in [1.82, 2.24) is 10.2 Å². The van der Waals surface area contributed by atoms with Gasteiger partial charge in [0.2, 0.25) is 5.91 Å². The van der Waals surface area contributed by atoms with Gasteiger partial charge in [-0.3, -0.25) is 9.89 Å². The van der Waals surface area contributed by atoms with E-state index in [0.717, 1.165) is 17.0 Å². The highest BCUT2D eigenvalue weighted by molar-refractivity contribution is 5.94. The molecule has 0 aliphatic carbocycles. The molecule has 2 N–H and O–H groups in total. The second kappa shape index (κ2) is 6.89. The SMILES string of the molecule is CCOC(=O)c1ccc(NC(=O)Cc2c(C)n[nH]c2C)cc1. The molecule has 2 aromatic rings. The molecule has 0 aliphatic rings. The van der Waals surface area contributed by atoms with E-state index >= 15 is 0 Å². The number of H-pyrrole nitrogens is 1. The van der Waals surface area contributed by atoms with E-state index in [9.17, 15) is 9.59 Å². The molecular weight excluding hydrogens is 282 g/mol. The van der Waals surface area contributed by atoms with Crippen molar-refractivity contribution in [1.29, 1.82) is 0 Å². The van der Waals surface area contributed by atoms with E-state index in [-0.39, 0.29) is 18.3 Å². The van der Waals surface area contributed by atoms with Crippen LogP contribution in [0.5, 0.6) is 0 Å². The molecule has 1 heterocycles. The molecule has 116 valence electrons. The molecule has 0 fully saturated rings. The largest absolute Gasteiger partial charge is 0.462 e. The van der Waals surface area contributed by atoms with Gasteiger partial charge in [-0.15, -0.1) is 0 Å². The molecule has 0 unspecified atom stereocenters. The smallest absolute Gasteiger partial charge is 0.338 e. The van der Waals surface area contributed by atoms with Crippen molar-refractivity contribution in [3.05, 3.63) is 46.8 Å². The van der Waals surface area contributed by atoms with E-state index in [2.05, 4.69) is 15.5 Å². The van der Waals surface area contributed by atoms with Crippen LogP contribution in [0, 0.1) is 13.8 Å². The number of nitrogens with zero attached hydrogens (tertiary/aromatic N) is 1. The first kappa shape index (κ1) is 15.8. The average Bonchev–Trinajstić information content (AvgIpc) is 2.80. The molecule has 2 rings (SSSR count). The summed E-state index contributed by atoms with van der Waals surface area (Å²) in [6.45, 7) is 5.84. The molecule has 6 nitrogen and oxygen atoms in total. The number of anilines is 1. The molecule has 0 atom stereocenters. The first-order valence-electron chi connectivity index (χ1n) is 7.08. The Hall–Kier alpha value is -2.63. The molecule has 1 aromatic carbocycles. The van der Waals surface area contributed by atoms with Crippen LogP contribution in [-0.2, 0) is 16.0 Å². The van der Waals surface area contributed by atoms with E-state index in [0.29, 0.717) is 17.9 Å². The van der Waals surface area contributed by atoms with E-state index in [1.807, 2.05) is 13.8 Å². The summed E-state index contributed by atoms with van der Waals surface area (Å²) in [5.74, 6) is -0.499. The molecule has 0 saturated heterocycles. The summed E-state index contributed by atoms with van der Waals surface area (Å²) in [6.07, 6.45) is 0.258. The summed E-state index contributed by atoms with van der Waals surface area (Å²) in [6, 6.07) is 6.61. The van der Waals surface area contributed by atoms with Crippen molar-refractivity contribution in [2.45, 2.75) is 27.2 Å². The monoisotopic (exact) mass is 301 g/mol. The number of hydrogen-bond acceptors (Lipinski definition) is 4. The molecule has 0 aliphatic heterocycles. The molecular formula is C16H19N3O3. The van der Waals surface area contributed by atoms with Crippen LogP contribution in [0.1, 0.15) is 34.2 Å². The number of aromatic nitrogens is 2. The Balaban J connectivity index is 1.99. The van der Waals surface area contributed by atoms with Crippen molar-refractivity contribution < 1.29 is 14.3 Å². The number of carbonyl (C=O) groups is 2. The molecule has 22 heavy (non-hydrogen) atoms.